The molecule has 0 saturated heterocycles. The smallest absolute Gasteiger partial charge is 0.221 e. The Morgan fingerprint density at radius 1 is 1.12 bits per heavy atom. The van der Waals surface area contributed by atoms with E-state index in [0.29, 0.717) is 28.7 Å². The lowest BCUT2D eigenvalue weighted by Crippen LogP contribution is -2.06. The molecule has 0 aliphatic carbocycles. The van der Waals surface area contributed by atoms with Gasteiger partial charge in [-0.15, -0.1) is 10.2 Å². The lowest BCUT2D eigenvalue weighted by atomic mass is 10.2. The minimum Gasteiger partial charge on any atom is -0.495 e. The molecular formula is C24H21ClN4O2S. The van der Waals surface area contributed by atoms with Gasteiger partial charge < -0.3 is 19.7 Å². The summed E-state index contributed by atoms with van der Waals surface area (Å²) in [6.45, 7) is 2.39. The zero-order valence-corrected chi connectivity index (χ0v) is 19.1. The summed E-state index contributed by atoms with van der Waals surface area (Å²) in [5.74, 6) is 0.571. The number of ether oxygens (including phenoxy) is 1. The fourth-order valence-electron chi connectivity index (χ4n) is 3.46. The Bertz CT molecular complexity index is 1320. The maximum Gasteiger partial charge on any atom is 0.221 e. The first-order valence-corrected chi connectivity index (χ1v) is 10.7. The third-order valence-corrected chi connectivity index (χ3v) is 5.66. The van der Waals surface area contributed by atoms with Crippen molar-refractivity contribution < 1.29 is 9.84 Å². The van der Waals surface area contributed by atoms with Gasteiger partial charge in [-0.05, 0) is 42.4 Å². The fraction of sp³-hybridized carbons (Fsp3) is 0.125. The van der Waals surface area contributed by atoms with E-state index in [0.717, 1.165) is 22.0 Å². The van der Waals surface area contributed by atoms with E-state index >= 15 is 0 Å². The predicted molar refractivity (Wildman–Crippen MR) is 133 cm³/mol. The van der Waals surface area contributed by atoms with Crippen LogP contribution in [0.2, 0.25) is 5.02 Å². The van der Waals surface area contributed by atoms with Crippen molar-refractivity contribution in [3.05, 3.63) is 82.9 Å². The molecule has 0 radical (unpaired) electrons. The molecule has 0 unspecified atom stereocenters. The summed E-state index contributed by atoms with van der Waals surface area (Å²) in [5.41, 5.74) is 3.79. The fourth-order valence-corrected chi connectivity index (χ4v) is 3.77. The van der Waals surface area contributed by atoms with Crippen molar-refractivity contribution in [1.29, 1.82) is 0 Å². The number of halogens is 1. The van der Waals surface area contributed by atoms with E-state index in [-0.39, 0.29) is 11.0 Å². The predicted octanol–water partition coefficient (Wildman–Crippen LogP) is 6.85. The minimum atomic E-state index is 0.0292. The van der Waals surface area contributed by atoms with Crippen molar-refractivity contribution in [2.45, 2.75) is 13.5 Å². The van der Waals surface area contributed by atoms with Crippen LogP contribution in [0, 0.1) is 6.92 Å². The Labute approximate surface area is 196 Å². The number of aryl methyl sites for hydroxylation is 1. The van der Waals surface area contributed by atoms with Gasteiger partial charge in [0.15, 0.2) is 5.69 Å². The Morgan fingerprint density at radius 3 is 2.59 bits per heavy atom. The van der Waals surface area contributed by atoms with Gasteiger partial charge in [0.2, 0.25) is 11.0 Å². The number of anilines is 1. The molecule has 8 heteroatoms. The highest BCUT2D eigenvalue weighted by molar-refractivity contribution is 7.80. The number of benzene rings is 3. The molecule has 162 valence electrons. The second-order valence-corrected chi connectivity index (χ2v) is 7.99. The SMILES string of the molecule is COc1cc(Cl)c(C)cc1NC(=S)N=Nc1c(O)n(Cc2ccccc2)c2ccccc12. The maximum absolute atomic E-state index is 10.9. The molecule has 0 atom stereocenters. The van der Waals surface area contributed by atoms with Crippen LogP contribution < -0.4 is 10.1 Å². The van der Waals surface area contributed by atoms with Crippen molar-refractivity contribution in [2.24, 2.45) is 10.2 Å². The monoisotopic (exact) mass is 464 g/mol. The molecule has 3 aromatic carbocycles. The highest BCUT2D eigenvalue weighted by Crippen LogP contribution is 2.39. The quantitative estimate of drug-likeness (QED) is 0.250. The van der Waals surface area contributed by atoms with Crippen molar-refractivity contribution in [3.8, 4) is 11.6 Å². The van der Waals surface area contributed by atoms with Crippen molar-refractivity contribution in [2.75, 3.05) is 12.4 Å². The molecule has 0 bridgehead atoms. The zero-order chi connectivity index (χ0) is 22.7. The molecule has 2 N–H and O–H groups in total. The van der Waals surface area contributed by atoms with E-state index < -0.39 is 0 Å². The zero-order valence-electron chi connectivity index (χ0n) is 17.5. The standard InChI is InChI=1S/C24H21ClN4O2S/c1-15-12-19(21(31-2)13-18(15)25)26-24(32)28-27-22-17-10-6-7-11-20(17)29(23(22)30)14-16-8-4-3-5-9-16/h3-13,30H,14H2,1-2H3,(H,26,32). The van der Waals surface area contributed by atoms with Gasteiger partial charge >= 0.3 is 0 Å². The molecule has 1 aromatic heterocycles. The van der Waals surface area contributed by atoms with Crippen LogP contribution in [0.1, 0.15) is 11.1 Å². The van der Waals surface area contributed by atoms with Gasteiger partial charge in [-0.3, -0.25) is 0 Å². The van der Waals surface area contributed by atoms with Crippen LogP contribution in [0.3, 0.4) is 0 Å². The highest BCUT2D eigenvalue weighted by atomic mass is 35.5. The second-order valence-electron chi connectivity index (χ2n) is 7.19. The minimum absolute atomic E-state index is 0.0292. The van der Waals surface area contributed by atoms with E-state index in [9.17, 15) is 5.11 Å². The van der Waals surface area contributed by atoms with Gasteiger partial charge in [-0.1, -0.05) is 60.1 Å². The summed E-state index contributed by atoms with van der Waals surface area (Å²) in [4.78, 5) is 0. The lowest BCUT2D eigenvalue weighted by molar-refractivity contribution is 0.417. The van der Waals surface area contributed by atoms with E-state index in [1.165, 1.54) is 0 Å². The molecule has 32 heavy (non-hydrogen) atoms. The Morgan fingerprint density at radius 2 is 1.84 bits per heavy atom. The average Bonchev–Trinajstić information content (AvgIpc) is 3.06. The number of aromatic nitrogens is 1. The molecule has 0 aliphatic rings. The first-order valence-electron chi connectivity index (χ1n) is 9.89. The number of thiocarbonyl (C=S) groups is 1. The van der Waals surface area contributed by atoms with Crippen LogP contribution in [-0.2, 0) is 6.54 Å². The topological polar surface area (TPSA) is 71.1 Å². The van der Waals surface area contributed by atoms with E-state index in [2.05, 4.69) is 15.5 Å². The Balaban J connectivity index is 1.64. The summed E-state index contributed by atoms with van der Waals surface area (Å²) in [5, 5.41) is 23.9. The Kier molecular flexibility index (Phi) is 6.39. The molecule has 0 fully saturated rings. The van der Waals surface area contributed by atoms with Gasteiger partial charge in [-0.25, -0.2) is 0 Å². The third kappa shape index (κ3) is 4.44. The van der Waals surface area contributed by atoms with Gasteiger partial charge in [0.25, 0.3) is 0 Å². The number of nitrogens with one attached hydrogen (secondary N) is 1. The molecule has 4 rings (SSSR count). The van der Waals surface area contributed by atoms with Crippen molar-refractivity contribution >= 4 is 51.2 Å². The average molecular weight is 465 g/mol. The molecule has 0 aliphatic heterocycles. The number of methoxy groups -OCH3 is 1. The number of nitrogens with zero attached hydrogens (tertiary/aromatic N) is 3. The van der Waals surface area contributed by atoms with Gasteiger partial charge in [-0.2, -0.15) is 0 Å². The summed E-state index contributed by atoms with van der Waals surface area (Å²) in [6, 6.07) is 21.1. The summed E-state index contributed by atoms with van der Waals surface area (Å²) in [7, 11) is 1.55. The van der Waals surface area contributed by atoms with Gasteiger partial charge in [0, 0.05) is 16.5 Å². The number of azo groups is 1. The molecule has 0 spiro atoms. The Hall–Kier alpha value is -3.42. The molecule has 4 aromatic rings. The van der Waals surface area contributed by atoms with Crippen molar-refractivity contribution in [3.63, 3.8) is 0 Å². The normalized spacial score (nSPS) is 11.2. The van der Waals surface area contributed by atoms with E-state index in [4.69, 9.17) is 28.6 Å². The molecule has 0 saturated carbocycles. The van der Waals surface area contributed by atoms with Crippen LogP contribution in [0.4, 0.5) is 11.4 Å². The number of rotatable bonds is 5. The van der Waals surface area contributed by atoms with Gasteiger partial charge in [0.05, 0.1) is 24.9 Å². The molecule has 1 heterocycles. The number of hydrogen-bond donors (Lipinski definition) is 2. The van der Waals surface area contributed by atoms with Gasteiger partial charge in [0.1, 0.15) is 5.75 Å². The van der Waals surface area contributed by atoms with Crippen LogP contribution in [0.5, 0.6) is 11.6 Å². The van der Waals surface area contributed by atoms with Crippen molar-refractivity contribution in [1.82, 2.24) is 4.57 Å². The summed E-state index contributed by atoms with van der Waals surface area (Å²) in [6.07, 6.45) is 0. The van der Waals surface area contributed by atoms with E-state index in [1.807, 2.05) is 67.6 Å². The highest BCUT2D eigenvalue weighted by Gasteiger charge is 2.17. The number of hydrogen-bond acceptors (Lipinski definition) is 4. The van der Waals surface area contributed by atoms with Crippen LogP contribution in [0.25, 0.3) is 10.9 Å². The number of para-hydroxylation sites is 1. The number of aromatic hydroxyl groups is 1. The van der Waals surface area contributed by atoms with Crippen LogP contribution in [0.15, 0.2) is 77.0 Å². The number of fused-ring (bicyclic) bond motifs is 1. The summed E-state index contributed by atoms with van der Waals surface area (Å²) >= 11 is 11.5. The van der Waals surface area contributed by atoms with E-state index in [1.54, 1.807) is 17.7 Å². The first kappa shape index (κ1) is 21.8. The lowest BCUT2D eigenvalue weighted by Gasteiger charge is -2.11. The molecule has 0 amide bonds. The largest absolute Gasteiger partial charge is 0.495 e. The molecule has 6 nitrogen and oxygen atoms in total. The molecular weight excluding hydrogens is 444 g/mol. The summed E-state index contributed by atoms with van der Waals surface area (Å²) < 4.78 is 7.17. The second kappa shape index (κ2) is 9.38. The van der Waals surface area contributed by atoms with Crippen LogP contribution >= 0.6 is 23.8 Å². The third-order valence-electron chi connectivity index (χ3n) is 5.06. The maximum atomic E-state index is 10.9. The van der Waals surface area contributed by atoms with Crippen LogP contribution in [-0.4, -0.2) is 21.9 Å². The first-order chi connectivity index (χ1) is 15.5.